The number of aliphatic imine (C=N–C) groups is 1. The van der Waals surface area contributed by atoms with Crippen molar-refractivity contribution < 1.29 is 14.3 Å². The van der Waals surface area contributed by atoms with Gasteiger partial charge in [0, 0.05) is 13.6 Å². The lowest BCUT2D eigenvalue weighted by Crippen LogP contribution is -2.28. The smallest absolute Gasteiger partial charge is 0.227 e. The number of aliphatic hydroxyl groups excluding tert-OH is 1. The largest absolute Gasteiger partial charge is 0.392 e. The van der Waals surface area contributed by atoms with Crippen LogP contribution in [0.2, 0.25) is 0 Å². The first-order chi connectivity index (χ1) is 12.3. The van der Waals surface area contributed by atoms with Crippen LogP contribution in [0.4, 0.5) is 10.1 Å². The molecule has 0 fully saturated rings. The third kappa shape index (κ3) is 3.75. The van der Waals surface area contributed by atoms with Crippen LogP contribution in [0.25, 0.3) is 0 Å². The fourth-order valence-electron chi connectivity index (χ4n) is 3.27. The number of halogens is 1. The van der Waals surface area contributed by atoms with Gasteiger partial charge in [-0.05, 0) is 54.3 Å². The molecule has 3 rings (SSSR count). The van der Waals surface area contributed by atoms with E-state index in [1.165, 1.54) is 12.1 Å². The van der Waals surface area contributed by atoms with Crippen molar-refractivity contribution in [1.29, 1.82) is 0 Å². The van der Waals surface area contributed by atoms with Crippen LogP contribution < -0.4 is 5.73 Å². The first-order valence-electron chi connectivity index (χ1n) is 8.46. The predicted molar refractivity (Wildman–Crippen MR) is 98.7 cm³/mol. The Morgan fingerprint density at radius 2 is 2.00 bits per heavy atom. The van der Waals surface area contributed by atoms with Crippen molar-refractivity contribution in [2.45, 2.75) is 31.9 Å². The van der Waals surface area contributed by atoms with Crippen molar-refractivity contribution in [1.82, 2.24) is 4.90 Å². The Labute approximate surface area is 152 Å². The molecule has 0 heterocycles. The lowest BCUT2D eigenvalue weighted by atomic mass is 9.99. The van der Waals surface area contributed by atoms with Gasteiger partial charge in [0.05, 0.1) is 17.7 Å². The number of hydrogen-bond donors (Lipinski definition) is 2. The molecule has 2 aromatic carbocycles. The second-order valence-electron chi connectivity index (χ2n) is 6.68. The topological polar surface area (TPSA) is 78.9 Å². The maximum Gasteiger partial charge on any atom is 0.227 e. The number of amidine groups is 1. The third-order valence-electron chi connectivity index (χ3n) is 4.76. The Balaban J connectivity index is 1.79. The molecule has 0 radical (unpaired) electrons. The van der Waals surface area contributed by atoms with Gasteiger partial charge in [-0.1, -0.05) is 18.2 Å². The van der Waals surface area contributed by atoms with Gasteiger partial charge < -0.3 is 15.7 Å². The number of fused-ring (bicyclic) bond motifs is 1. The van der Waals surface area contributed by atoms with Crippen molar-refractivity contribution in [3.05, 3.63) is 65.0 Å². The normalized spacial score (nSPS) is 19.3. The Morgan fingerprint density at radius 3 is 2.65 bits per heavy atom. The average molecular weight is 355 g/mol. The molecule has 1 amide bonds. The molecule has 1 aliphatic carbocycles. The van der Waals surface area contributed by atoms with Crippen LogP contribution in [0.1, 0.15) is 29.5 Å². The number of primary amides is 1. The van der Waals surface area contributed by atoms with Gasteiger partial charge in [-0.3, -0.25) is 4.79 Å². The number of benzene rings is 2. The monoisotopic (exact) mass is 355 g/mol. The Hall–Kier alpha value is -2.73. The van der Waals surface area contributed by atoms with Crippen LogP contribution in [0.15, 0.2) is 47.5 Å². The van der Waals surface area contributed by atoms with Crippen molar-refractivity contribution >= 4 is 17.4 Å². The van der Waals surface area contributed by atoms with Gasteiger partial charge >= 0.3 is 0 Å². The highest BCUT2D eigenvalue weighted by atomic mass is 19.1. The summed E-state index contributed by atoms with van der Waals surface area (Å²) in [4.78, 5) is 18.2. The van der Waals surface area contributed by atoms with Crippen LogP contribution in [0, 0.1) is 5.82 Å². The van der Waals surface area contributed by atoms with Gasteiger partial charge in [-0.15, -0.1) is 0 Å². The fraction of sp³-hybridized carbons (Fsp3) is 0.300. The molecule has 1 aliphatic rings. The number of rotatable bonds is 4. The zero-order chi connectivity index (χ0) is 18.8. The average Bonchev–Trinajstić information content (AvgIpc) is 2.92. The maximum atomic E-state index is 13.0. The minimum absolute atomic E-state index is 0.258. The lowest BCUT2D eigenvalue weighted by Gasteiger charge is -2.19. The summed E-state index contributed by atoms with van der Waals surface area (Å²) in [5.74, 6) is -0.686. The minimum Gasteiger partial charge on any atom is -0.392 e. The zero-order valence-corrected chi connectivity index (χ0v) is 14.8. The molecule has 0 bridgehead atoms. The molecule has 2 aromatic rings. The molecule has 26 heavy (non-hydrogen) atoms. The van der Waals surface area contributed by atoms with E-state index in [1.54, 1.807) is 12.1 Å². The van der Waals surface area contributed by atoms with Crippen molar-refractivity contribution in [3.8, 4) is 0 Å². The van der Waals surface area contributed by atoms with Gasteiger partial charge in [-0.2, -0.15) is 0 Å². The van der Waals surface area contributed by atoms with E-state index in [0.717, 1.165) is 22.5 Å². The molecular formula is C20H22FN3O2. The molecule has 0 spiro atoms. The van der Waals surface area contributed by atoms with E-state index >= 15 is 0 Å². The van der Waals surface area contributed by atoms with Gasteiger partial charge in [-0.25, -0.2) is 9.38 Å². The molecule has 2 atom stereocenters. The number of aliphatic hydroxyl groups is 1. The van der Waals surface area contributed by atoms with Crippen molar-refractivity contribution in [2.75, 3.05) is 7.05 Å². The molecule has 0 saturated heterocycles. The molecule has 5 nitrogen and oxygen atoms in total. The van der Waals surface area contributed by atoms with Gasteiger partial charge in [0.15, 0.2) is 0 Å². The van der Waals surface area contributed by atoms with Gasteiger partial charge in [0.2, 0.25) is 5.91 Å². The standard InChI is InChI=1S/C20H22FN3O2/c1-12(24(2)11-13-3-6-15(21)7-4-13)23-16-8-5-14-9-18(25)19(20(22)26)17(14)10-16/h3-8,10,18-19,25H,9,11H2,1-2H3,(H2,22,26)/t18-,19-/m1/s1. The molecular weight excluding hydrogens is 333 g/mol. The summed E-state index contributed by atoms with van der Waals surface area (Å²) in [6, 6.07) is 11.9. The highest BCUT2D eigenvalue weighted by Crippen LogP contribution is 2.35. The number of hydrogen-bond acceptors (Lipinski definition) is 3. The molecule has 0 saturated carbocycles. The summed E-state index contributed by atoms with van der Waals surface area (Å²) in [6.07, 6.45) is -0.347. The van der Waals surface area contributed by atoms with Crippen molar-refractivity contribution in [3.63, 3.8) is 0 Å². The SMILES string of the molecule is CC(=Nc1ccc2c(c1)[C@@H](C(N)=O)[C@H](O)C2)N(C)Cc1ccc(F)cc1. The molecule has 0 aliphatic heterocycles. The van der Waals surface area contributed by atoms with Crippen LogP contribution in [0.5, 0.6) is 0 Å². The van der Waals surface area contributed by atoms with E-state index in [0.29, 0.717) is 18.7 Å². The number of nitrogens with zero attached hydrogens (tertiary/aromatic N) is 2. The number of carbonyl (C=O) groups excluding carboxylic acids is 1. The summed E-state index contributed by atoms with van der Waals surface area (Å²) >= 11 is 0. The van der Waals surface area contributed by atoms with E-state index in [2.05, 4.69) is 4.99 Å². The van der Waals surface area contributed by atoms with E-state index in [1.807, 2.05) is 37.1 Å². The van der Waals surface area contributed by atoms with E-state index < -0.39 is 17.9 Å². The number of amides is 1. The molecule has 136 valence electrons. The highest BCUT2D eigenvalue weighted by molar-refractivity contribution is 5.85. The molecule has 6 heteroatoms. The lowest BCUT2D eigenvalue weighted by molar-refractivity contribution is -0.121. The second-order valence-corrected chi connectivity index (χ2v) is 6.68. The molecule has 0 unspecified atom stereocenters. The highest BCUT2D eigenvalue weighted by Gasteiger charge is 2.35. The quantitative estimate of drug-likeness (QED) is 0.653. The minimum atomic E-state index is -0.774. The summed E-state index contributed by atoms with van der Waals surface area (Å²) < 4.78 is 13.0. The van der Waals surface area contributed by atoms with Crippen LogP contribution in [-0.2, 0) is 17.8 Å². The van der Waals surface area contributed by atoms with Gasteiger partial charge in [0.25, 0.3) is 0 Å². The Kier molecular flexibility index (Phi) is 5.04. The number of nitrogens with two attached hydrogens (primary N) is 1. The predicted octanol–water partition coefficient (Wildman–Crippen LogP) is 2.49. The van der Waals surface area contributed by atoms with Crippen LogP contribution in [0.3, 0.4) is 0 Å². The zero-order valence-electron chi connectivity index (χ0n) is 14.8. The summed E-state index contributed by atoms with van der Waals surface area (Å²) in [5, 5.41) is 10.1. The van der Waals surface area contributed by atoms with Crippen molar-refractivity contribution in [2.24, 2.45) is 10.7 Å². The van der Waals surface area contributed by atoms with E-state index in [-0.39, 0.29) is 5.82 Å². The Bertz CT molecular complexity index is 849. The fourth-order valence-corrected chi connectivity index (χ4v) is 3.27. The molecule has 3 N–H and O–H groups in total. The van der Waals surface area contributed by atoms with Crippen LogP contribution >= 0.6 is 0 Å². The Morgan fingerprint density at radius 1 is 1.31 bits per heavy atom. The van der Waals surface area contributed by atoms with Gasteiger partial charge in [0.1, 0.15) is 11.7 Å². The van der Waals surface area contributed by atoms with E-state index in [9.17, 15) is 14.3 Å². The first-order valence-corrected chi connectivity index (χ1v) is 8.46. The maximum absolute atomic E-state index is 13.0. The number of carbonyl (C=O) groups is 1. The summed E-state index contributed by atoms with van der Waals surface area (Å²) in [6.45, 7) is 2.49. The summed E-state index contributed by atoms with van der Waals surface area (Å²) in [5.41, 5.74) is 8.79. The first kappa shape index (κ1) is 18.1. The third-order valence-corrected chi connectivity index (χ3v) is 4.76. The van der Waals surface area contributed by atoms with E-state index in [4.69, 9.17) is 5.73 Å². The van der Waals surface area contributed by atoms with Crippen LogP contribution in [-0.4, -0.2) is 34.9 Å². The molecule has 0 aromatic heterocycles. The second kappa shape index (κ2) is 7.25. The summed E-state index contributed by atoms with van der Waals surface area (Å²) in [7, 11) is 1.91.